The van der Waals surface area contributed by atoms with Gasteiger partial charge < -0.3 is 10.6 Å². The maximum Gasteiger partial charge on any atom is 0.236 e. The van der Waals surface area contributed by atoms with Crippen molar-refractivity contribution in [2.75, 3.05) is 26.7 Å². The van der Waals surface area contributed by atoms with E-state index in [9.17, 15) is 4.79 Å². The third-order valence-electron chi connectivity index (χ3n) is 3.03. The summed E-state index contributed by atoms with van der Waals surface area (Å²) in [5.74, 6) is 0.166. The van der Waals surface area contributed by atoms with Gasteiger partial charge in [-0.1, -0.05) is 19.1 Å². The van der Waals surface area contributed by atoms with Crippen LogP contribution in [0.4, 0.5) is 0 Å². The van der Waals surface area contributed by atoms with Crippen LogP contribution in [-0.4, -0.2) is 53.4 Å². The van der Waals surface area contributed by atoms with Crippen LogP contribution < -0.4 is 5.73 Å². The standard InChI is InChI=1S/C12H25N3OS/c1-5-10(8-11(13)17)14(4)9-12(16)15(6-2)7-3/h10H,5-9H2,1-4H3,(H2,13,17). The molecule has 1 unspecified atom stereocenters. The van der Waals surface area contributed by atoms with Crippen molar-refractivity contribution in [3.8, 4) is 0 Å². The van der Waals surface area contributed by atoms with E-state index in [0.29, 0.717) is 18.0 Å². The number of rotatable bonds is 8. The van der Waals surface area contributed by atoms with Crippen LogP contribution in [0.15, 0.2) is 0 Å². The van der Waals surface area contributed by atoms with Crippen molar-refractivity contribution in [2.24, 2.45) is 5.73 Å². The van der Waals surface area contributed by atoms with Gasteiger partial charge in [-0.15, -0.1) is 0 Å². The molecule has 1 atom stereocenters. The van der Waals surface area contributed by atoms with Crippen LogP contribution in [0.3, 0.4) is 0 Å². The maximum atomic E-state index is 11.9. The Labute approximate surface area is 110 Å². The lowest BCUT2D eigenvalue weighted by atomic mass is 10.1. The molecular formula is C12H25N3OS. The van der Waals surface area contributed by atoms with Gasteiger partial charge in [-0.05, 0) is 27.3 Å². The molecule has 5 heteroatoms. The van der Waals surface area contributed by atoms with Crippen molar-refractivity contribution in [1.82, 2.24) is 9.80 Å². The molecule has 0 saturated heterocycles. The molecule has 100 valence electrons. The molecule has 0 radical (unpaired) electrons. The molecule has 0 aromatic heterocycles. The van der Waals surface area contributed by atoms with Crippen LogP contribution in [0.5, 0.6) is 0 Å². The summed E-state index contributed by atoms with van der Waals surface area (Å²) in [5.41, 5.74) is 5.56. The number of hydrogen-bond donors (Lipinski definition) is 1. The van der Waals surface area contributed by atoms with Crippen molar-refractivity contribution >= 4 is 23.1 Å². The zero-order valence-electron chi connectivity index (χ0n) is 11.4. The Morgan fingerprint density at radius 1 is 1.29 bits per heavy atom. The molecule has 0 saturated carbocycles. The smallest absolute Gasteiger partial charge is 0.236 e. The zero-order chi connectivity index (χ0) is 13.4. The van der Waals surface area contributed by atoms with Gasteiger partial charge in [0, 0.05) is 25.6 Å². The summed E-state index contributed by atoms with van der Waals surface area (Å²) in [4.78, 5) is 16.3. The van der Waals surface area contributed by atoms with E-state index in [2.05, 4.69) is 6.92 Å². The molecule has 0 rings (SSSR count). The van der Waals surface area contributed by atoms with Crippen LogP contribution in [0.2, 0.25) is 0 Å². The number of thiocarbonyl (C=S) groups is 1. The summed E-state index contributed by atoms with van der Waals surface area (Å²) in [6.07, 6.45) is 1.62. The quantitative estimate of drug-likeness (QED) is 0.666. The minimum atomic E-state index is 0.166. The van der Waals surface area contributed by atoms with Gasteiger partial charge in [0.1, 0.15) is 0 Å². The summed E-state index contributed by atoms with van der Waals surface area (Å²) in [6, 6.07) is 0.256. The Morgan fingerprint density at radius 3 is 2.18 bits per heavy atom. The average Bonchev–Trinajstić information content (AvgIpc) is 2.26. The topological polar surface area (TPSA) is 49.6 Å². The fourth-order valence-electron chi connectivity index (χ4n) is 1.86. The van der Waals surface area contributed by atoms with Crippen LogP contribution >= 0.6 is 12.2 Å². The summed E-state index contributed by atoms with van der Waals surface area (Å²) in [7, 11) is 1.95. The van der Waals surface area contributed by atoms with Gasteiger partial charge in [0.2, 0.25) is 5.91 Å². The molecule has 0 aromatic carbocycles. The average molecular weight is 259 g/mol. The van der Waals surface area contributed by atoms with Crippen molar-refractivity contribution in [2.45, 2.75) is 39.7 Å². The number of carbonyl (C=O) groups excluding carboxylic acids is 1. The zero-order valence-corrected chi connectivity index (χ0v) is 12.2. The van der Waals surface area contributed by atoms with Crippen LogP contribution in [0.25, 0.3) is 0 Å². The Kier molecular flexibility index (Phi) is 8.08. The Morgan fingerprint density at radius 2 is 1.82 bits per heavy atom. The molecule has 0 aliphatic carbocycles. The van der Waals surface area contributed by atoms with Crippen molar-refractivity contribution in [3.63, 3.8) is 0 Å². The first-order valence-electron chi connectivity index (χ1n) is 6.22. The van der Waals surface area contributed by atoms with E-state index in [-0.39, 0.29) is 11.9 Å². The van der Waals surface area contributed by atoms with Gasteiger partial charge in [-0.25, -0.2) is 0 Å². The number of amides is 1. The molecule has 1 amide bonds. The number of likely N-dealkylation sites (N-methyl/N-ethyl adjacent to an activating group) is 2. The summed E-state index contributed by atoms with van der Waals surface area (Å²) in [6.45, 7) is 8.02. The van der Waals surface area contributed by atoms with E-state index >= 15 is 0 Å². The lowest BCUT2D eigenvalue weighted by Crippen LogP contribution is -2.43. The predicted octanol–water partition coefficient (Wildman–Crippen LogP) is 1.24. The number of hydrogen-bond acceptors (Lipinski definition) is 3. The van der Waals surface area contributed by atoms with Crippen LogP contribution in [0, 0.1) is 0 Å². The largest absolute Gasteiger partial charge is 0.393 e. The highest BCUT2D eigenvalue weighted by molar-refractivity contribution is 7.80. The number of carbonyl (C=O) groups is 1. The van der Waals surface area contributed by atoms with Crippen LogP contribution in [-0.2, 0) is 4.79 Å². The monoisotopic (exact) mass is 259 g/mol. The van der Waals surface area contributed by atoms with E-state index in [4.69, 9.17) is 18.0 Å². The summed E-state index contributed by atoms with van der Waals surface area (Å²) in [5, 5.41) is 0. The molecule has 0 spiro atoms. The Bertz CT molecular complexity index is 254. The lowest BCUT2D eigenvalue weighted by Gasteiger charge is -2.28. The molecular weight excluding hydrogens is 234 g/mol. The molecule has 0 fully saturated rings. The second kappa shape index (κ2) is 8.42. The van der Waals surface area contributed by atoms with Gasteiger partial charge >= 0.3 is 0 Å². The molecule has 0 aromatic rings. The second-order valence-corrected chi connectivity index (χ2v) is 4.74. The predicted molar refractivity (Wildman–Crippen MR) is 76.0 cm³/mol. The van der Waals surface area contributed by atoms with Crippen molar-refractivity contribution < 1.29 is 4.79 Å². The Balaban J connectivity index is 4.34. The third kappa shape index (κ3) is 5.98. The molecule has 0 aliphatic rings. The Hall–Kier alpha value is -0.680. The van der Waals surface area contributed by atoms with Crippen molar-refractivity contribution in [1.29, 1.82) is 0 Å². The van der Waals surface area contributed by atoms with E-state index in [1.165, 1.54) is 0 Å². The highest BCUT2D eigenvalue weighted by atomic mass is 32.1. The van der Waals surface area contributed by atoms with Crippen molar-refractivity contribution in [3.05, 3.63) is 0 Å². The number of nitrogens with zero attached hydrogens (tertiary/aromatic N) is 2. The van der Waals surface area contributed by atoms with Gasteiger partial charge in [0.15, 0.2) is 0 Å². The minimum absolute atomic E-state index is 0.166. The van der Waals surface area contributed by atoms with Crippen LogP contribution in [0.1, 0.15) is 33.6 Å². The first-order chi connectivity index (χ1) is 7.96. The third-order valence-corrected chi connectivity index (χ3v) is 3.20. The highest BCUT2D eigenvalue weighted by Gasteiger charge is 2.18. The first kappa shape index (κ1) is 16.3. The highest BCUT2D eigenvalue weighted by Crippen LogP contribution is 2.07. The normalized spacial score (nSPS) is 12.5. The fourth-order valence-corrected chi connectivity index (χ4v) is 2.06. The first-order valence-corrected chi connectivity index (χ1v) is 6.63. The fraction of sp³-hybridized carbons (Fsp3) is 0.833. The molecule has 17 heavy (non-hydrogen) atoms. The molecule has 0 heterocycles. The SMILES string of the molecule is CCC(CC(N)=S)N(C)CC(=O)N(CC)CC. The van der Waals surface area contributed by atoms with E-state index in [1.807, 2.05) is 30.7 Å². The van der Waals surface area contributed by atoms with Gasteiger partial charge in [0.25, 0.3) is 0 Å². The maximum absolute atomic E-state index is 11.9. The molecule has 0 aliphatic heterocycles. The van der Waals surface area contributed by atoms with Gasteiger partial charge in [-0.3, -0.25) is 9.69 Å². The van der Waals surface area contributed by atoms with Gasteiger partial charge in [0.05, 0.1) is 11.5 Å². The molecule has 4 nitrogen and oxygen atoms in total. The number of nitrogens with two attached hydrogens (primary N) is 1. The van der Waals surface area contributed by atoms with E-state index < -0.39 is 0 Å². The van der Waals surface area contributed by atoms with Gasteiger partial charge in [-0.2, -0.15) is 0 Å². The summed E-state index contributed by atoms with van der Waals surface area (Å²) < 4.78 is 0. The molecule has 2 N–H and O–H groups in total. The van der Waals surface area contributed by atoms with E-state index in [0.717, 1.165) is 19.5 Å². The summed E-state index contributed by atoms with van der Waals surface area (Å²) >= 11 is 4.92. The van der Waals surface area contributed by atoms with E-state index in [1.54, 1.807) is 0 Å². The second-order valence-electron chi connectivity index (χ2n) is 4.21. The minimum Gasteiger partial charge on any atom is -0.393 e. The molecule has 0 bridgehead atoms. The lowest BCUT2D eigenvalue weighted by molar-refractivity contribution is -0.132.